The van der Waals surface area contributed by atoms with Crippen molar-refractivity contribution in [1.29, 1.82) is 0 Å². The van der Waals surface area contributed by atoms with Crippen LogP contribution in [0.3, 0.4) is 0 Å². The van der Waals surface area contributed by atoms with Crippen LogP contribution in [0.25, 0.3) is 10.8 Å². The summed E-state index contributed by atoms with van der Waals surface area (Å²) in [7, 11) is 0. The van der Waals surface area contributed by atoms with Crippen LogP contribution in [0.5, 0.6) is 0 Å². The summed E-state index contributed by atoms with van der Waals surface area (Å²) < 4.78 is 30.8. The molecule has 0 radical (unpaired) electrons. The molecule has 0 aromatic heterocycles. The molecule has 2 aromatic rings. The summed E-state index contributed by atoms with van der Waals surface area (Å²) in [4.78, 5) is 0. The van der Waals surface area contributed by atoms with Crippen molar-refractivity contribution >= 4 is 10.8 Å². The molecule has 2 aromatic carbocycles. The van der Waals surface area contributed by atoms with Gasteiger partial charge >= 0.3 is 0 Å². The van der Waals surface area contributed by atoms with Crippen molar-refractivity contribution < 1.29 is 23.7 Å². The Hall–Kier alpha value is -1.50. The summed E-state index contributed by atoms with van der Waals surface area (Å²) in [6, 6.07) is 15.0. The molecule has 0 spiro atoms. The van der Waals surface area contributed by atoms with Crippen molar-refractivity contribution in [2.45, 2.75) is 76.2 Å². The number of hydrogen-bond donors (Lipinski definition) is 0. The molecule has 5 rings (SSSR count). The van der Waals surface area contributed by atoms with Gasteiger partial charge in [0.05, 0.1) is 12.7 Å². The van der Waals surface area contributed by atoms with E-state index < -0.39 is 11.6 Å². The second kappa shape index (κ2) is 6.51. The van der Waals surface area contributed by atoms with Gasteiger partial charge in [0.1, 0.15) is 24.4 Å². The number of benzene rings is 2. The quantitative estimate of drug-likeness (QED) is 0.805. The summed E-state index contributed by atoms with van der Waals surface area (Å²) in [6.45, 7) is 8.30. The lowest BCUT2D eigenvalue weighted by Gasteiger charge is -2.27. The highest BCUT2D eigenvalue weighted by Gasteiger charge is 2.58. The minimum absolute atomic E-state index is 0.0785. The Labute approximate surface area is 165 Å². The van der Waals surface area contributed by atoms with Gasteiger partial charge in [-0.15, -0.1) is 0 Å². The van der Waals surface area contributed by atoms with E-state index in [1.165, 1.54) is 16.3 Å². The lowest BCUT2D eigenvalue weighted by Crippen LogP contribution is -2.40. The summed E-state index contributed by atoms with van der Waals surface area (Å²) >= 11 is 0. The maximum absolute atomic E-state index is 6.46. The van der Waals surface area contributed by atoms with Crippen LogP contribution < -0.4 is 0 Å². The average molecular weight is 384 g/mol. The van der Waals surface area contributed by atoms with Gasteiger partial charge in [-0.3, -0.25) is 0 Å². The van der Waals surface area contributed by atoms with Crippen molar-refractivity contribution in [3.8, 4) is 0 Å². The molecule has 5 atom stereocenters. The maximum Gasteiger partial charge on any atom is 0.164 e. The van der Waals surface area contributed by atoms with E-state index in [9.17, 15) is 0 Å². The molecule has 0 bridgehead atoms. The second-order valence-electron chi connectivity index (χ2n) is 8.96. The lowest BCUT2D eigenvalue weighted by molar-refractivity contribution is -0.206. The fourth-order valence-corrected chi connectivity index (χ4v) is 4.65. The third kappa shape index (κ3) is 3.36. The molecule has 3 saturated heterocycles. The van der Waals surface area contributed by atoms with Crippen molar-refractivity contribution in [2.75, 3.05) is 6.61 Å². The third-order valence-electron chi connectivity index (χ3n) is 5.83. The van der Waals surface area contributed by atoms with Crippen LogP contribution in [0, 0.1) is 0 Å². The van der Waals surface area contributed by atoms with Crippen molar-refractivity contribution in [3.63, 3.8) is 0 Å². The van der Waals surface area contributed by atoms with Gasteiger partial charge in [-0.05, 0) is 44.0 Å². The fourth-order valence-electron chi connectivity index (χ4n) is 4.65. The first kappa shape index (κ1) is 18.5. The minimum atomic E-state index is -0.617. The summed E-state index contributed by atoms with van der Waals surface area (Å²) in [6.07, 6.45) is 0.0893. The van der Waals surface area contributed by atoms with Crippen molar-refractivity contribution in [3.05, 3.63) is 48.0 Å². The third-order valence-corrected chi connectivity index (χ3v) is 5.83. The van der Waals surface area contributed by atoms with Crippen LogP contribution in [0.2, 0.25) is 0 Å². The zero-order chi connectivity index (χ0) is 19.5. The van der Waals surface area contributed by atoms with E-state index in [0.717, 1.165) is 6.42 Å². The molecule has 5 nitrogen and oxygen atoms in total. The van der Waals surface area contributed by atoms with Gasteiger partial charge in [-0.25, -0.2) is 0 Å². The molecule has 0 saturated carbocycles. The average Bonchev–Trinajstić information content (AvgIpc) is 3.26. The van der Waals surface area contributed by atoms with Gasteiger partial charge < -0.3 is 23.7 Å². The highest BCUT2D eigenvalue weighted by atomic mass is 16.8. The van der Waals surface area contributed by atoms with E-state index in [1.807, 2.05) is 27.7 Å². The van der Waals surface area contributed by atoms with Gasteiger partial charge in [0.2, 0.25) is 0 Å². The Bertz CT molecular complexity index is 876. The molecule has 3 aliphatic rings. The Balaban J connectivity index is 1.39. The highest BCUT2D eigenvalue weighted by molar-refractivity contribution is 5.83. The highest BCUT2D eigenvalue weighted by Crippen LogP contribution is 2.43. The van der Waals surface area contributed by atoms with Crippen LogP contribution in [-0.2, 0) is 30.1 Å². The topological polar surface area (TPSA) is 46.2 Å². The maximum atomic E-state index is 6.46. The zero-order valence-corrected chi connectivity index (χ0v) is 16.9. The molecule has 3 aliphatic heterocycles. The Morgan fingerprint density at radius 2 is 1.57 bits per heavy atom. The van der Waals surface area contributed by atoms with Crippen LogP contribution in [-0.4, -0.2) is 48.7 Å². The molecule has 0 aliphatic carbocycles. The van der Waals surface area contributed by atoms with E-state index in [0.29, 0.717) is 6.61 Å². The first-order chi connectivity index (χ1) is 13.3. The normalized spacial score (nSPS) is 36.1. The number of ether oxygens (including phenoxy) is 5. The van der Waals surface area contributed by atoms with Crippen LogP contribution in [0.1, 0.15) is 33.3 Å². The SMILES string of the molecule is CC1(C)O[C@@H]2[C@H](O1)[C@@H](Cc1ccc3ccccc3c1)O[C@@H]2[C@H]1COC(C)(C)O1. The Kier molecular flexibility index (Phi) is 4.30. The number of fused-ring (bicyclic) bond motifs is 2. The van der Waals surface area contributed by atoms with E-state index in [-0.39, 0.29) is 30.5 Å². The van der Waals surface area contributed by atoms with Gasteiger partial charge in [-0.2, -0.15) is 0 Å². The standard InChI is InChI=1S/C23H28O5/c1-22(2)24-13-18(26-22)19-21-20(27-23(3,4)28-21)17(25-19)12-14-9-10-15-7-5-6-8-16(15)11-14/h5-11,17-21H,12-13H2,1-4H3/t17-,18-,19-,20-,21+/m1/s1. The fraction of sp³-hybridized carbons (Fsp3) is 0.565. The molecule has 0 amide bonds. The molecule has 150 valence electrons. The molecular weight excluding hydrogens is 356 g/mol. The second-order valence-corrected chi connectivity index (χ2v) is 8.96. The molecular formula is C23H28O5. The van der Waals surface area contributed by atoms with Crippen LogP contribution in [0.4, 0.5) is 0 Å². The van der Waals surface area contributed by atoms with E-state index in [1.54, 1.807) is 0 Å². The molecule has 0 unspecified atom stereocenters. The molecule has 3 heterocycles. The zero-order valence-electron chi connectivity index (χ0n) is 16.9. The predicted octanol–water partition coefficient (Wildman–Crippen LogP) is 3.82. The monoisotopic (exact) mass is 384 g/mol. The van der Waals surface area contributed by atoms with Gasteiger partial charge in [0.15, 0.2) is 11.6 Å². The first-order valence-electron chi connectivity index (χ1n) is 10.1. The van der Waals surface area contributed by atoms with E-state index in [2.05, 4.69) is 42.5 Å². The summed E-state index contributed by atoms with van der Waals surface area (Å²) in [5, 5.41) is 2.49. The van der Waals surface area contributed by atoms with Gasteiger partial charge in [-0.1, -0.05) is 42.5 Å². The van der Waals surface area contributed by atoms with E-state index >= 15 is 0 Å². The first-order valence-corrected chi connectivity index (χ1v) is 10.1. The van der Waals surface area contributed by atoms with E-state index in [4.69, 9.17) is 23.7 Å². The summed E-state index contributed by atoms with van der Waals surface area (Å²) in [5.41, 5.74) is 1.24. The molecule has 28 heavy (non-hydrogen) atoms. The van der Waals surface area contributed by atoms with Crippen molar-refractivity contribution in [1.82, 2.24) is 0 Å². The molecule has 0 N–H and O–H groups in total. The van der Waals surface area contributed by atoms with Crippen LogP contribution in [0.15, 0.2) is 42.5 Å². The number of rotatable bonds is 3. The van der Waals surface area contributed by atoms with Crippen LogP contribution >= 0.6 is 0 Å². The largest absolute Gasteiger partial charge is 0.366 e. The van der Waals surface area contributed by atoms with Crippen molar-refractivity contribution in [2.24, 2.45) is 0 Å². The van der Waals surface area contributed by atoms with Gasteiger partial charge in [0, 0.05) is 6.42 Å². The minimum Gasteiger partial charge on any atom is -0.366 e. The summed E-state index contributed by atoms with van der Waals surface area (Å²) in [5.74, 6) is -1.21. The molecule has 5 heteroatoms. The molecule has 3 fully saturated rings. The van der Waals surface area contributed by atoms with Gasteiger partial charge in [0.25, 0.3) is 0 Å². The predicted molar refractivity (Wildman–Crippen MR) is 105 cm³/mol. The lowest BCUT2D eigenvalue weighted by atomic mass is 9.98. The Morgan fingerprint density at radius 3 is 2.32 bits per heavy atom. The number of hydrogen-bond acceptors (Lipinski definition) is 5. The Morgan fingerprint density at radius 1 is 0.821 bits per heavy atom. The smallest absolute Gasteiger partial charge is 0.164 e.